The zero-order chi connectivity index (χ0) is 16.0. The van der Waals surface area contributed by atoms with Gasteiger partial charge >= 0.3 is 0 Å². The number of nitrogens with one attached hydrogen (secondary N) is 1. The van der Waals surface area contributed by atoms with Crippen molar-refractivity contribution in [1.82, 2.24) is 9.62 Å². The second-order valence-electron chi connectivity index (χ2n) is 5.11. The lowest BCUT2D eigenvalue weighted by Crippen LogP contribution is -2.35. The maximum atomic E-state index is 12.8. The molecular weight excluding hydrogens is 288 g/mol. The molecule has 21 heavy (non-hydrogen) atoms. The molecule has 0 saturated carbocycles. The molecule has 0 aliphatic carbocycles. The summed E-state index contributed by atoms with van der Waals surface area (Å²) in [5, 5.41) is 3.05. The number of hydrogen-bond donors (Lipinski definition) is 1. The number of methoxy groups -OCH3 is 1. The lowest BCUT2D eigenvalue weighted by molar-refractivity contribution is 0.380. The molecule has 1 aromatic carbocycles. The summed E-state index contributed by atoms with van der Waals surface area (Å²) in [6.07, 6.45) is 1.41. The Morgan fingerprint density at radius 2 is 2.05 bits per heavy atom. The van der Waals surface area contributed by atoms with Gasteiger partial charge in [-0.15, -0.1) is 0 Å². The first kappa shape index (κ1) is 17.9. The Kier molecular flexibility index (Phi) is 6.64. The highest BCUT2D eigenvalue weighted by Gasteiger charge is 2.27. The Labute approximate surface area is 128 Å². The van der Waals surface area contributed by atoms with Crippen LogP contribution in [0.3, 0.4) is 0 Å². The largest absolute Gasteiger partial charge is 0.497 e. The van der Waals surface area contributed by atoms with Gasteiger partial charge in [-0.05, 0) is 57.1 Å². The maximum Gasteiger partial charge on any atom is 0.243 e. The highest BCUT2D eigenvalue weighted by atomic mass is 32.2. The van der Waals surface area contributed by atoms with Crippen molar-refractivity contribution in [3.05, 3.63) is 23.8 Å². The van der Waals surface area contributed by atoms with E-state index in [0.29, 0.717) is 23.6 Å². The van der Waals surface area contributed by atoms with Gasteiger partial charge in [0.15, 0.2) is 0 Å². The van der Waals surface area contributed by atoms with Crippen molar-refractivity contribution in [3.8, 4) is 5.75 Å². The second kappa shape index (κ2) is 7.77. The van der Waals surface area contributed by atoms with Crippen LogP contribution in [0.15, 0.2) is 23.1 Å². The monoisotopic (exact) mass is 314 g/mol. The van der Waals surface area contributed by atoms with E-state index in [1.807, 2.05) is 20.9 Å². The summed E-state index contributed by atoms with van der Waals surface area (Å²) in [5.74, 6) is 0.672. The van der Waals surface area contributed by atoms with E-state index in [1.54, 1.807) is 32.4 Å². The van der Waals surface area contributed by atoms with Gasteiger partial charge in [0.2, 0.25) is 10.0 Å². The van der Waals surface area contributed by atoms with Crippen LogP contribution in [-0.2, 0) is 16.4 Å². The Bertz CT molecular complexity index is 558. The Morgan fingerprint density at radius 1 is 1.38 bits per heavy atom. The fourth-order valence-corrected chi connectivity index (χ4v) is 3.70. The molecule has 1 aromatic rings. The summed E-state index contributed by atoms with van der Waals surface area (Å²) in [6, 6.07) is 5.10. The van der Waals surface area contributed by atoms with Crippen molar-refractivity contribution < 1.29 is 13.2 Å². The summed E-state index contributed by atoms with van der Waals surface area (Å²) in [7, 11) is 1.57. The SMILES string of the molecule is CCC(C)N(C)S(=O)(=O)c1ccc(OC)cc1CCNC. The molecular formula is C15H26N2O3S. The van der Waals surface area contributed by atoms with Gasteiger partial charge in [-0.3, -0.25) is 0 Å². The number of likely N-dealkylation sites (N-methyl/N-ethyl adjacent to an activating group) is 1. The molecule has 0 heterocycles. The first-order valence-corrected chi connectivity index (χ1v) is 8.62. The average Bonchev–Trinajstić information content (AvgIpc) is 2.50. The van der Waals surface area contributed by atoms with Crippen molar-refractivity contribution in [2.45, 2.75) is 37.6 Å². The third-order valence-corrected chi connectivity index (χ3v) is 5.85. The van der Waals surface area contributed by atoms with E-state index in [9.17, 15) is 8.42 Å². The van der Waals surface area contributed by atoms with E-state index in [0.717, 1.165) is 12.0 Å². The highest BCUT2D eigenvalue weighted by molar-refractivity contribution is 7.89. The predicted molar refractivity (Wildman–Crippen MR) is 85.3 cm³/mol. The Morgan fingerprint density at radius 3 is 2.57 bits per heavy atom. The van der Waals surface area contributed by atoms with Gasteiger partial charge < -0.3 is 10.1 Å². The van der Waals surface area contributed by atoms with Crippen molar-refractivity contribution in [2.75, 3.05) is 27.7 Å². The molecule has 0 amide bonds. The topological polar surface area (TPSA) is 58.6 Å². The predicted octanol–water partition coefficient (Wildman–Crippen LogP) is 1.88. The average molecular weight is 314 g/mol. The summed E-state index contributed by atoms with van der Waals surface area (Å²) in [5.41, 5.74) is 0.777. The quantitative estimate of drug-likeness (QED) is 0.796. The minimum Gasteiger partial charge on any atom is -0.497 e. The maximum absolute atomic E-state index is 12.8. The van der Waals surface area contributed by atoms with Crippen LogP contribution in [0.25, 0.3) is 0 Å². The lowest BCUT2D eigenvalue weighted by Gasteiger charge is -2.24. The van der Waals surface area contributed by atoms with Gasteiger partial charge in [0, 0.05) is 13.1 Å². The van der Waals surface area contributed by atoms with E-state index >= 15 is 0 Å². The zero-order valence-electron chi connectivity index (χ0n) is 13.5. The highest BCUT2D eigenvalue weighted by Crippen LogP contribution is 2.26. The molecule has 0 bridgehead atoms. The first-order chi connectivity index (χ1) is 9.88. The van der Waals surface area contributed by atoms with Crippen molar-refractivity contribution in [3.63, 3.8) is 0 Å². The van der Waals surface area contributed by atoms with Crippen molar-refractivity contribution >= 4 is 10.0 Å². The van der Waals surface area contributed by atoms with Crippen molar-refractivity contribution in [1.29, 1.82) is 0 Å². The smallest absolute Gasteiger partial charge is 0.243 e. The molecule has 0 fully saturated rings. The van der Waals surface area contributed by atoms with E-state index < -0.39 is 10.0 Å². The summed E-state index contributed by atoms with van der Waals surface area (Å²) in [6.45, 7) is 4.60. The van der Waals surface area contributed by atoms with Crippen LogP contribution >= 0.6 is 0 Å². The Hall–Kier alpha value is -1.11. The fraction of sp³-hybridized carbons (Fsp3) is 0.600. The second-order valence-corrected chi connectivity index (χ2v) is 7.07. The number of ether oxygens (including phenoxy) is 1. The van der Waals surface area contributed by atoms with Crippen LogP contribution in [0, 0.1) is 0 Å². The molecule has 1 rings (SSSR count). The summed E-state index contributed by atoms with van der Waals surface area (Å²) in [4.78, 5) is 0.362. The van der Waals surface area contributed by atoms with E-state index in [-0.39, 0.29) is 6.04 Å². The van der Waals surface area contributed by atoms with Crippen LogP contribution in [-0.4, -0.2) is 46.5 Å². The molecule has 1 N–H and O–H groups in total. The third-order valence-electron chi connectivity index (χ3n) is 3.78. The molecule has 0 aliphatic rings. The lowest BCUT2D eigenvalue weighted by atomic mass is 10.1. The minimum atomic E-state index is -3.49. The van der Waals surface area contributed by atoms with E-state index in [2.05, 4.69) is 5.32 Å². The molecule has 0 saturated heterocycles. The number of benzene rings is 1. The van der Waals surface area contributed by atoms with Crippen molar-refractivity contribution in [2.24, 2.45) is 0 Å². The molecule has 1 unspecified atom stereocenters. The molecule has 0 aliphatic heterocycles. The van der Waals surface area contributed by atoms with Crippen LogP contribution in [0.4, 0.5) is 0 Å². The first-order valence-electron chi connectivity index (χ1n) is 7.18. The molecule has 0 aromatic heterocycles. The number of nitrogens with zero attached hydrogens (tertiary/aromatic N) is 1. The molecule has 0 spiro atoms. The van der Waals surface area contributed by atoms with Crippen LogP contribution in [0.5, 0.6) is 5.75 Å². The normalized spacial score (nSPS) is 13.4. The standard InChI is InChI=1S/C15H26N2O3S/c1-6-12(2)17(4)21(18,19)15-8-7-14(20-5)11-13(15)9-10-16-3/h7-8,11-12,16H,6,9-10H2,1-5H3. The van der Waals surface area contributed by atoms with Gasteiger partial charge in [-0.2, -0.15) is 4.31 Å². The third kappa shape index (κ3) is 4.18. The molecule has 5 nitrogen and oxygen atoms in total. The fourth-order valence-electron chi connectivity index (χ4n) is 2.04. The number of hydrogen-bond acceptors (Lipinski definition) is 4. The van der Waals surface area contributed by atoms with Gasteiger partial charge in [0.25, 0.3) is 0 Å². The van der Waals surface area contributed by atoms with Gasteiger partial charge in [-0.25, -0.2) is 8.42 Å². The van der Waals surface area contributed by atoms with E-state index in [1.165, 1.54) is 4.31 Å². The molecule has 120 valence electrons. The van der Waals surface area contributed by atoms with Gasteiger partial charge in [0.05, 0.1) is 12.0 Å². The molecule has 1 atom stereocenters. The minimum absolute atomic E-state index is 0.0331. The van der Waals surface area contributed by atoms with Crippen LogP contribution in [0.2, 0.25) is 0 Å². The van der Waals surface area contributed by atoms with Gasteiger partial charge in [-0.1, -0.05) is 6.92 Å². The number of rotatable bonds is 8. The van der Waals surface area contributed by atoms with Crippen LogP contribution in [0.1, 0.15) is 25.8 Å². The zero-order valence-corrected chi connectivity index (χ0v) is 14.3. The summed E-state index contributed by atoms with van der Waals surface area (Å²) < 4.78 is 32.2. The molecule has 0 radical (unpaired) electrons. The van der Waals surface area contributed by atoms with Crippen LogP contribution < -0.4 is 10.1 Å². The van der Waals surface area contributed by atoms with E-state index in [4.69, 9.17) is 4.74 Å². The Balaban J connectivity index is 3.26. The number of sulfonamides is 1. The molecule has 6 heteroatoms. The van der Waals surface area contributed by atoms with Gasteiger partial charge in [0.1, 0.15) is 5.75 Å². The summed E-state index contributed by atoms with van der Waals surface area (Å²) >= 11 is 0.